The number of para-hydroxylation sites is 1. The molecule has 0 aliphatic rings. The first-order chi connectivity index (χ1) is 7.56. The van der Waals surface area contributed by atoms with Gasteiger partial charge in [0.1, 0.15) is 0 Å². The number of benzene rings is 1. The summed E-state index contributed by atoms with van der Waals surface area (Å²) in [5.41, 5.74) is 1.93. The zero-order chi connectivity index (χ0) is 12.1. The van der Waals surface area contributed by atoms with E-state index in [-0.39, 0.29) is 12.1 Å². The summed E-state index contributed by atoms with van der Waals surface area (Å²) in [6.45, 7) is 2.06. The van der Waals surface area contributed by atoms with Crippen LogP contribution in [0.25, 0.3) is 0 Å². The van der Waals surface area contributed by atoms with E-state index < -0.39 is 0 Å². The van der Waals surface area contributed by atoms with E-state index >= 15 is 0 Å². The molecule has 0 saturated carbocycles. The molecule has 0 aromatic heterocycles. The van der Waals surface area contributed by atoms with Crippen molar-refractivity contribution in [3.63, 3.8) is 0 Å². The molecule has 0 fully saturated rings. The van der Waals surface area contributed by atoms with Crippen molar-refractivity contribution in [3.05, 3.63) is 29.8 Å². The standard InChI is InChI=1S/C12H19N3O/c1-9(13-2)10-7-5-6-8-11(10)14-12(16)15(3)4/h5-9,13H,1-4H3,(H,14,16). The summed E-state index contributed by atoms with van der Waals surface area (Å²) in [6, 6.07) is 7.89. The van der Waals surface area contributed by atoms with Crippen LogP contribution in [0.15, 0.2) is 24.3 Å². The molecule has 0 heterocycles. The van der Waals surface area contributed by atoms with Crippen molar-refractivity contribution < 1.29 is 4.79 Å². The van der Waals surface area contributed by atoms with Crippen LogP contribution in [-0.4, -0.2) is 32.1 Å². The molecule has 0 aliphatic carbocycles. The predicted octanol–water partition coefficient (Wildman–Crippen LogP) is 2.06. The normalized spacial score (nSPS) is 12.0. The van der Waals surface area contributed by atoms with Gasteiger partial charge in [0.05, 0.1) is 0 Å². The lowest BCUT2D eigenvalue weighted by atomic mass is 10.1. The second-order valence-corrected chi connectivity index (χ2v) is 3.92. The maximum Gasteiger partial charge on any atom is 0.321 e. The number of nitrogens with zero attached hydrogens (tertiary/aromatic N) is 1. The number of carbonyl (C=O) groups is 1. The highest BCUT2D eigenvalue weighted by Crippen LogP contribution is 2.22. The first-order valence-electron chi connectivity index (χ1n) is 5.30. The fourth-order valence-corrected chi connectivity index (χ4v) is 1.37. The largest absolute Gasteiger partial charge is 0.331 e. The van der Waals surface area contributed by atoms with E-state index in [1.54, 1.807) is 14.1 Å². The number of anilines is 1. The van der Waals surface area contributed by atoms with Gasteiger partial charge in [-0.2, -0.15) is 0 Å². The van der Waals surface area contributed by atoms with Gasteiger partial charge in [-0.05, 0) is 25.6 Å². The maximum absolute atomic E-state index is 11.6. The molecular weight excluding hydrogens is 202 g/mol. The molecule has 0 saturated heterocycles. The molecular formula is C12H19N3O. The minimum absolute atomic E-state index is 0.115. The van der Waals surface area contributed by atoms with E-state index in [0.29, 0.717) is 0 Å². The molecule has 1 aromatic carbocycles. The highest BCUT2D eigenvalue weighted by atomic mass is 16.2. The van der Waals surface area contributed by atoms with Gasteiger partial charge >= 0.3 is 6.03 Å². The first-order valence-corrected chi connectivity index (χ1v) is 5.30. The molecule has 4 nitrogen and oxygen atoms in total. The van der Waals surface area contributed by atoms with E-state index in [9.17, 15) is 4.79 Å². The highest BCUT2D eigenvalue weighted by Gasteiger charge is 2.11. The Morgan fingerprint density at radius 1 is 1.31 bits per heavy atom. The number of rotatable bonds is 3. The van der Waals surface area contributed by atoms with Crippen LogP contribution in [0.1, 0.15) is 18.5 Å². The molecule has 1 atom stereocenters. The van der Waals surface area contributed by atoms with Gasteiger partial charge in [-0.15, -0.1) is 0 Å². The van der Waals surface area contributed by atoms with Crippen LogP contribution in [0.5, 0.6) is 0 Å². The summed E-state index contributed by atoms with van der Waals surface area (Å²) >= 11 is 0. The van der Waals surface area contributed by atoms with Crippen molar-refractivity contribution in [2.75, 3.05) is 26.5 Å². The quantitative estimate of drug-likeness (QED) is 0.820. The van der Waals surface area contributed by atoms with E-state index in [4.69, 9.17) is 0 Å². The molecule has 16 heavy (non-hydrogen) atoms. The molecule has 1 rings (SSSR count). The third kappa shape index (κ3) is 2.97. The summed E-state index contributed by atoms with van der Waals surface area (Å²) in [5.74, 6) is 0. The van der Waals surface area contributed by atoms with E-state index in [0.717, 1.165) is 11.3 Å². The number of amides is 2. The van der Waals surface area contributed by atoms with Crippen molar-refractivity contribution in [3.8, 4) is 0 Å². The Balaban J connectivity index is 2.91. The Hall–Kier alpha value is -1.55. The lowest BCUT2D eigenvalue weighted by Crippen LogP contribution is -2.28. The molecule has 0 spiro atoms. The van der Waals surface area contributed by atoms with Gasteiger partial charge in [0.25, 0.3) is 0 Å². The molecule has 1 unspecified atom stereocenters. The summed E-state index contributed by atoms with van der Waals surface area (Å²) in [7, 11) is 5.34. The molecule has 0 bridgehead atoms. The van der Waals surface area contributed by atoms with E-state index in [1.165, 1.54) is 4.90 Å². The van der Waals surface area contributed by atoms with Crippen molar-refractivity contribution in [1.82, 2.24) is 10.2 Å². The second-order valence-electron chi connectivity index (χ2n) is 3.92. The Bertz CT molecular complexity index is 363. The minimum Gasteiger partial charge on any atom is -0.331 e. The van der Waals surface area contributed by atoms with Gasteiger partial charge in [-0.3, -0.25) is 0 Å². The molecule has 2 amide bonds. The van der Waals surface area contributed by atoms with Crippen LogP contribution in [0.3, 0.4) is 0 Å². The Labute approximate surface area is 96.6 Å². The summed E-state index contributed by atoms with van der Waals surface area (Å²) in [5, 5.41) is 6.03. The fraction of sp³-hybridized carbons (Fsp3) is 0.417. The van der Waals surface area contributed by atoms with Gasteiger partial charge < -0.3 is 15.5 Å². The van der Waals surface area contributed by atoms with Gasteiger partial charge in [-0.25, -0.2) is 4.79 Å². The number of carbonyl (C=O) groups excluding carboxylic acids is 1. The monoisotopic (exact) mass is 221 g/mol. The number of hydrogen-bond acceptors (Lipinski definition) is 2. The van der Waals surface area contributed by atoms with Crippen molar-refractivity contribution in [2.24, 2.45) is 0 Å². The molecule has 0 radical (unpaired) electrons. The molecule has 1 aromatic rings. The topological polar surface area (TPSA) is 44.4 Å². The molecule has 0 aliphatic heterocycles. The van der Waals surface area contributed by atoms with Gasteiger partial charge in [-0.1, -0.05) is 18.2 Å². The average molecular weight is 221 g/mol. The Morgan fingerprint density at radius 2 is 1.94 bits per heavy atom. The smallest absolute Gasteiger partial charge is 0.321 e. The SMILES string of the molecule is CNC(C)c1ccccc1NC(=O)N(C)C. The van der Waals surface area contributed by atoms with Crippen LogP contribution in [-0.2, 0) is 0 Å². The lowest BCUT2D eigenvalue weighted by Gasteiger charge is -2.18. The minimum atomic E-state index is -0.115. The Morgan fingerprint density at radius 3 is 2.50 bits per heavy atom. The highest BCUT2D eigenvalue weighted by molar-refractivity contribution is 5.89. The molecule has 4 heteroatoms. The summed E-state index contributed by atoms with van der Waals surface area (Å²) in [4.78, 5) is 13.1. The average Bonchev–Trinajstić information content (AvgIpc) is 2.28. The summed E-state index contributed by atoms with van der Waals surface area (Å²) < 4.78 is 0. The number of hydrogen-bond donors (Lipinski definition) is 2. The van der Waals surface area contributed by atoms with Gasteiger partial charge in [0.2, 0.25) is 0 Å². The first kappa shape index (κ1) is 12.5. The van der Waals surface area contributed by atoms with Crippen molar-refractivity contribution >= 4 is 11.7 Å². The van der Waals surface area contributed by atoms with Gasteiger partial charge in [0, 0.05) is 25.8 Å². The van der Waals surface area contributed by atoms with Crippen LogP contribution < -0.4 is 10.6 Å². The van der Waals surface area contributed by atoms with Crippen LogP contribution in [0.4, 0.5) is 10.5 Å². The summed E-state index contributed by atoms with van der Waals surface area (Å²) in [6.07, 6.45) is 0. The molecule has 2 N–H and O–H groups in total. The van der Waals surface area contributed by atoms with Crippen LogP contribution in [0, 0.1) is 0 Å². The third-order valence-corrected chi connectivity index (χ3v) is 2.51. The molecule has 88 valence electrons. The Kier molecular flexibility index (Phi) is 4.31. The van der Waals surface area contributed by atoms with Crippen molar-refractivity contribution in [2.45, 2.75) is 13.0 Å². The van der Waals surface area contributed by atoms with E-state index in [1.807, 2.05) is 31.3 Å². The predicted molar refractivity (Wildman–Crippen MR) is 66.6 cm³/mol. The van der Waals surface area contributed by atoms with Crippen LogP contribution in [0.2, 0.25) is 0 Å². The lowest BCUT2D eigenvalue weighted by molar-refractivity contribution is 0.230. The van der Waals surface area contributed by atoms with Gasteiger partial charge in [0.15, 0.2) is 0 Å². The van der Waals surface area contributed by atoms with Crippen molar-refractivity contribution in [1.29, 1.82) is 0 Å². The maximum atomic E-state index is 11.6. The second kappa shape index (κ2) is 5.51. The zero-order valence-corrected chi connectivity index (χ0v) is 10.2. The number of urea groups is 1. The third-order valence-electron chi connectivity index (χ3n) is 2.51. The fourth-order valence-electron chi connectivity index (χ4n) is 1.37. The van der Waals surface area contributed by atoms with Crippen LogP contribution >= 0.6 is 0 Å². The zero-order valence-electron chi connectivity index (χ0n) is 10.2. The number of nitrogens with one attached hydrogen (secondary N) is 2. The van der Waals surface area contributed by atoms with E-state index in [2.05, 4.69) is 17.6 Å².